The lowest BCUT2D eigenvalue weighted by atomic mass is 9.86. The van der Waals surface area contributed by atoms with Gasteiger partial charge in [-0.1, -0.05) is 44.2 Å². The minimum absolute atomic E-state index is 0.128. The number of amides is 2. The summed E-state index contributed by atoms with van der Waals surface area (Å²) in [6, 6.07) is 9.12. The number of aliphatic hydroxyl groups excluding tert-OH is 2. The normalized spacial score (nSPS) is 21.1. The van der Waals surface area contributed by atoms with Gasteiger partial charge in [-0.05, 0) is 18.4 Å². The Morgan fingerprint density at radius 3 is 2.63 bits per heavy atom. The minimum atomic E-state index is -1.10. The molecule has 2 N–H and O–H groups in total. The molecule has 1 fully saturated rings. The van der Waals surface area contributed by atoms with E-state index in [2.05, 4.69) is 5.92 Å². The zero-order valence-corrected chi connectivity index (χ0v) is 15.7. The highest BCUT2D eigenvalue weighted by atomic mass is 16.6. The van der Waals surface area contributed by atoms with Crippen LogP contribution in [0.1, 0.15) is 32.3 Å². The number of terminal acetylenes is 1. The first-order valence-electron chi connectivity index (χ1n) is 9.20. The molecule has 2 rings (SSSR count). The van der Waals surface area contributed by atoms with E-state index < -0.39 is 42.1 Å². The molecule has 0 unspecified atom stereocenters. The fourth-order valence-electron chi connectivity index (χ4n) is 3.31. The van der Waals surface area contributed by atoms with E-state index in [0.29, 0.717) is 19.3 Å². The van der Waals surface area contributed by atoms with E-state index >= 15 is 0 Å². The number of carbonyl (C=O) groups excluding carboxylic acids is 2. The number of aliphatic hydroxyl groups is 2. The van der Waals surface area contributed by atoms with Crippen LogP contribution >= 0.6 is 0 Å². The van der Waals surface area contributed by atoms with Crippen LogP contribution in [0.3, 0.4) is 0 Å². The Morgan fingerprint density at radius 2 is 2.00 bits per heavy atom. The number of imide groups is 1. The molecule has 27 heavy (non-hydrogen) atoms. The second-order valence-electron chi connectivity index (χ2n) is 7.08. The van der Waals surface area contributed by atoms with Crippen LogP contribution in [0.15, 0.2) is 30.3 Å². The van der Waals surface area contributed by atoms with E-state index in [9.17, 15) is 19.8 Å². The van der Waals surface area contributed by atoms with Crippen LogP contribution in [0.2, 0.25) is 0 Å². The third-order valence-electron chi connectivity index (χ3n) is 5.14. The Labute approximate surface area is 160 Å². The number of cyclic esters (lactones) is 1. The van der Waals surface area contributed by atoms with Crippen molar-refractivity contribution in [1.29, 1.82) is 0 Å². The summed E-state index contributed by atoms with van der Waals surface area (Å²) >= 11 is 0. The van der Waals surface area contributed by atoms with Crippen LogP contribution in [0.25, 0.3) is 0 Å². The lowest BCUT2D eigenvalue weighted by molar-refractivity contribution is -0.138. The molecule has 6 heteroatoms. The quantitative estimate of drug-likeness (QED) is 0.681. The average molecular weight is 373 g/mol. The van der Waals surface area contributed by atoms with E-state index in [-0.39, 0.29) is 6.61 Å². The molecule has 146 valence electrons. The molecule has 6 nitrogen and oxygen atoms in total. The highest BCUT2D eigenvalue weighted by molar-refractivity contribution is 5.95. The van der Waals surface area contributed by atoms with E-state index in [1.807, 2.05) is 30.3 Å². The third-order valence-corrected chi connectivity index (χ3v) is 5.14. The van der Waals surface area contributed by atoms with Crippen molar-refractivity contribution in [1.82, 2.24) is 4.90 Å². The number of carbonyl (C=O) groups is 2. The Kier molecular flexibility index (Phi) is 7.40. The Balaban J connectivity index is 2.06. The van der Waals surface area contributed by atoms with Gasteiger partial charge in [-0.2, -0.15) is 0 Å². The molecule has 1 saturated heterocycles. The van der Waals surface area contributed by atoms with Crippen molar-refractivity contribution in [3.63, 3.8) is 0 Å². The molecule has 0 saturated carbocycles. The van der Waals surface area contributed by atoms with Gasteiger partial charge in [0.15, 0.2) is 0 Å². The van der Waals surface area contributed by atoms with Crippen molar-refractivity contribution in [2.45, 2.75) is 51.4 Å². The molecule has 1 aliphatic rings. The van der Waals surface area contributed by atoms with Crippen LogP contribution in [0.4, 0.5) is 4.79 Å². The summed E-state index contributed by atoms with van der Waals surface area (Å²) in [5.74, 6) is 0.538. The van der Waals surface area contributed by atoms with Gasteiger partial charge in [0, 0.05) is 12.3 Å². The number of hydrogen-bond acceptors (Lipinski definition) is 5. The minimum Gasteiger partial charge on any atom is -0.447 e. The number of ether oxygens (including phenoxy) is 1. The largest absolute Gasteiger partial charge is 0.447 e. The van der Waals surface area contributed by atoms with Crippen LogP contribution in [-0.2, 0) is 16.0 Å². The number of hydrogen-bond donors (Lipinski definition) is 2. The second kappa shape index (κ2) is 9.54. The molecule has 1 aliphatic heterocycles. The summed E-state index contributed by atoms with van der Waals surface area (Å²) < 4.78 is 5.08. The highest BCUT2D eigenvalue weighted by Crippen LogP contribution is 2.25. The zero-order chi connectivity index (χ0) is 20.0. The summed E-state index contributed by atoms with van der Waals surface area (Å²) in [5.41, 5.74) is 0.991. The van der Waals surface area contributed by atoms with Crippen LogP contribution in [-0.4, -0.2) is 52.0 Å². The van der Waals surface area contributed by atoms with Gasteiger partial charge in [-0.25, -0.2) is 9.69 Å². The monoisotopic (exact) mass is 373 g/mol. The summed E-state index contributed by atoms with van der Waals surface area (Å²) in [6.07, 6.45) is 3.80. The summed E-state index contributed by atoms with van der Waals surface area (Å²) in [5, 5.41) is 20.7. The molecule has 0 radical (unpaired) electrons. The van der Waals surface area contributed by atoms with Gasteiger partial charge < -0.3 is 14.9 Å². The maximum atomic E-state index is 12.9. The lowest BCUT2D eigenvalue weighted by Crippen LogP contribution is -2.48. The second-order valence-corrected chi connectivity index (χ2v) is 7.08. The first-order valence-corrected chi connectivity index (χ1v) is 9.20. The van der Waals surface area contributed by atoms with Crippen molar-refractivity contribution in [2.24, 2.45) is 11.8 Å². The molecule has 1 heterocycles. The van der Waals surface area contributed by atoms with E-state index in [0.717, 1.165) is 10.5 Å². The van der Waals surface area contributed by atoms with Crippen molar-refractivity contribution in [3.8, 4) is 12.3 Å². The number of rotatable bonds is 8. The summed E-state index contributed by atoms with van der Waals surface area (Å²) in [6.45, 7) is 3.35. The first-order chi connectivity index (χ1) is 12.9. The fraction of sp³-hybridized carbons (Fsp3) is 0.524. The zero-order valence-electron chi connectivity index (χ0n) is 15.7. The molecular formula is C21H27NO5. The van der Waals surface area contributed by atoms with Gasteiger partial charge in [0.1, 0.15) is 6.61 Å². The Bertz CT molecular complexity index is 684. The van der Waals surface area contributed by atoms with Gasteiger partial charge in [0.2, 0.25) is 5.91 Å². The van der Waals surface area contributed by atoms with Crippen molar-refractivity contribution < 1.29 is 24.5 Å². The molecule has 2 amide bonds. The molecule has 1 aromatic rings. The van der Waals surface area contributed by atoms with E-state index in [1.54, 1.807) is 13.8 Å². The highest BCUT2D eigenvalue weighted by Gasteiger charge is 2.42. The third kappa shape index (κ3) is 5.09. The summed E-state index contributed by atoms with van der Waals surface area (Å²) in [7, 11) is 0. The van der Waals surface area contributed by atoms with Crippen molar-refractivity contribution >= 4 is 12.0 Å². The molecule has 0 spiro atoms. The van der Waals surface area contributed by atoms with Crippen molar-refractivity contribution in [3.05, 3.63) is 35.9 Å². The fourth-order valence-corrected chi connectivity index (χ4v) is 3.31. The standard InChI is InChI=1S/C21H27NO5/c1-4-5-11-18(23)14(2)19(24)15(3)20(25)22-17(13-27-21(22)26)12-16-9-7-6-8-10-16/h1,6-10,14-15,17-19,23-24H,5,11-13H2,2-3H3/t14-,15+,17+,18+,19-/m1/s1. The topological polar surface area (TPSA) is 87.1 Å². The predicted molar refractivity (Wildman–Crippen MR) is 101 cm³/mol. The van der Waals surface area contributed by atoms with Crippen molar-refractivity contribution in [2.75, 3.05) is 6.61 Å². The maximum absolute atomic E-state index is 12.9. The van der Waals surface area contributed by atoms with Gasteiger partial charge in [-0.15, -0.1) is 12.3 Å². The SMILES string of the molecule is C#CCC[C@H](O)[C@@H](C)[C@@H](O)[C@H](C)C(=O)N1C(=O)OC[C@@H]1Cc1ccccc1. The summed E-state index contributed by atoms with van der Waals surface area (Å²) in [4.78, 5) is 26.1. The molecule has 5 atom stereocenters. The smallest absolute Gasteiger partial charge is 0.416 e. The molecule has 0 aliphatic carbocycles. The molecule has 1 aromatic carbocycles. The Morgan fingerprint density at radius 1 is 1.33 bits per heavy atom. The van der Waals surface area contributed by atoms with Crippen LogP contribution in [0.5, 0.6) is 0 Å². The molecular weight excluding hydrogens is 346 g/mol. The van der Waals surface area contributed by atoms with Gasteiger partial charge in [-0.3, -0.25) is 4.79 Å². The van der Waals surface area contributed by atoms with Gasteiger partial charge in [0.05, 0.1) is 24.2 Å². The predicted octanol–water partition coefficient (Wildman–Crippen LogP) is 1.98. The van der Waals surface area contributed by atoms with Gasteiger partial charge >= 0.3 is 6.09 Å². The van der Waals surface area contributed by atoms with Crippen LogP contribution < -0.4 is 0 Å². The first kappa shape index (κ1) is 20.9. The van der Waals surface area contributed by atoms with E-state index in [4.69, 9.17) is 11.2 Å². The number of nitrogens with zero attached hydrogens (tertiary/aromatic N) is 1. The molecule has 0 bridgehead atoms. The lowest BCUT2D eigenvalue weighted by Gasteiger charge is -2.30. The Hall–Kier alpha value is -2.36. The number of benzene rings is 1. The van der Waals surface area contributed by atoms with Crippen LogP contribution in [0, 0.1) is 24.2 Å². The molecule has 0 aromatic heterocycles. The average Bonchev–Trinajstić information content (AvgIpc) is 3.04. The van der Waals surface area contributed by atoms with Gasteiger partial charge in [0.25, 0.3) is 0 Å². The maximum Gasteiger partial charge on any atom is 0.416 e. The van der Waals surface area contributed by atoms with E-state index in [1.165, 1.54) is 0 Å².